The molecule has 0 amide bonds. The van der Waals surface area contributed by atoms with Gasteiger partial charge >= 0.3 is 0 Å². The Labute approximate surface area is 167 Å². The van der Waals surface area contributed by atoms with Crippen LogP contribution in [0.5, 0.6) is 0 Å². The highest BCUT2D eigenvalue weighted by Gasteiger charge is 2.32. The third-order valence-electron chi connectivity index (χ3n) is 4.48. The highest BCUT2D eigenvalue weighted by molar-refractivity contribution is 8.13. The Morgan fingerprint density at radius 1 is 1.38 bits per heavy atom. The largest absolute Gasteiger partial charge is 0.379 e. The number of Topliss-reactive ketones (excluding diaryl/α,β-unsaturated/α-hetero) is 1. The molecule has 2 N–H and O–H groups in total. The molecule has 0 saturated heterocycles. The van der Waals surface area contributed by atoms with Gasteiger partial charge in [0.15, 0.2) is 11.0 Å². The lowest BCUT2D eigenvalue weighted by Gasteiger charge is -2.30. The molecule has 3 rings (SSSR count). The first-order valence-electron chi connectivity index (χ1n) is 8.03. The number of amidine groups is 1. The van der Waals surface area contributed by atoms with E-state index in [0.29, 0.717) is 22.7 Å². The zero-order chi connectivity index (χ0) is 18.2. The first-order chi connectivity index (χ1) is 11.8. The minimum Gasteiger partial charge on any atom is -0.379 e. The Morgan fingerprint density at radius 2 is 2.12 bits per heavy atom. The summed E-state index contributed by atoms with van der Waals surface area (Å²) in [4.78, 5) is 18.0. The normalized spacial score (nSPS) is 19.6. The molecular weight excluding hydrogens is 393 g/mol. The molecule has 1 aromatic carbocycles. The summed E-state index contributed by atoms with van der Waals surface area (Å²) in [5, 5.41) is 0.477. The average Bonchev–Trinajstić information content (AvgIpc) is 2.87. The SMILES string of the molecule is Cc1nsc(C)c1C(=O)Cc1ccc(F)c([C@]2(C)CCSC(N)=N2)c1.Cl. The molecule has 0 spiro atoms. The Hall–Kier alpha value is -1.44. The van der Waals surface area contributed by atoms with Gasteiger partial charge in [0.1, 0.15) is 5.82 Å². The number of hydrogen-bond donors (Lipinski definition) is 1. The van der Waals surface area contributed by atoms with Crippen molar-refractivity contribution in [3.8, 4) is 0 Å². The highest BCUT2D eigenvalue weighted by atomic mass is 35.5. The predicted molar refractivity (Wildman–Crippen MR) is 109 cm³/mol. The fraction of sp³-hybridized carbons (Fsp3) is 0.389. The van der Waals surface area contributed by atoms with Crippen molar-refractivity contribution >= 4 is 46.7 Å². The van der Waals surface area contributed by atoms with Crippen molar-refractivity contribution in [3.63, 3.8) is 0 Å². The summed E-state index contributed by atoms with van der Waals surface area (Å²) in [7, 11) is 0. The number of thioether (sulfide) groups is 1. The minimum absolute atomic E-state index is 0. The molecule has 0 aliphatic carbocycles. The number of aliphatic imine (C=N–C) groups is 1. The summed E-state index contributed by atoms with van der Waals surface area (Å²) in [6, 6.07) is 4.84. The van der Waals surface area contributed by atoms with E-state index in [4.69, 9.17) is 5.73 Å². The number of halogens is 2. The van der Waals surface area contributed by atoms with Gasteiger partial charge in [0.2, 0.25) is 0 Å². The van der Waals surface area contributed by atoms with Crippen LogP contribution in [0.1, 0.15) is 45.4 Å². The van der Waals surface area contributed by atoms with Gasteiger partial charge in [-0.1, -0.05) is 17.8 Å². The average molecular weight is 414 g/mol. The van der Waals surface area contributed by atoms with E-state index in [1.807, 2.05) is 20.8 Å². The second-order valence-corrected chi connectivity index (χ2v) is 8.53. The molecule has 1 aromatic heterocycles. The number of benzene rings is 1. The Kier molecular flexibility index (Phi) is 6.47. The zero-order valence-corrected chi connectivity index (χ0v) is 17.3. The van der Waals surface area contributed by atoms with Crippen LogP contribution >= 0.6 is 35.7 Å². The number of hydrogen-bond acceptors (Lipinski definition) is 6. The van der Waals surface area contributed by atoms with Crippen molar-refractivity contribution in [2.75, 3.05) is 5.75 Å². The van der Waals surface area contributed by atoms with Gasteiger partial charge in [-0.25, -0.2) is 4.39 Å². The molecular formula is C18H21ClFN3OS2. The molecule has 1 aliphatic heterocycles. The fourth-order valence-electron chi connectivity index (χ4n) is 3.13. The maximum Gasteiger partial charge on any atom is 0.170 e. The molecule has 8 heteroatoms. The van der Waals surface area contributed by atoms with Gasteiger partial charge in [0.05, 0.1) is 16.8 Å². The summed E-state index contributed by atoms with van der Waals surface area (Å²) in [5.74, 6) is 0.494. The molecule has 0 fully saturated rings. The quantitative estimate of drug-likeness (QED) is 0.753. The summed E-state index contributed by atoms with van der Waals surface area (Å²) in [5.41, 5.74) is 7.87. The molecule has 2 aromatic rings. The van der Waals surface area contributed by atoms with Crippen molar-refractivity contribution < 1.29 is 9.18 Å². The highest BCUT2D eigenvalue weighted by Crippen LogP contribution is 2.37. The van der Waals surface area contributed by atoms with Crippen LogP contribution < -0.4 is 5.73 Å². The van der Waals surface area contributed by atoms with E-state index in [9.17, 15) is 9.18 Å². The van der Waals surface area contributed by atoms with Crippen molar-refractivity contribution in [1.29, 1.82) is 0 Å². The number of aromatic nitrogens is 1. The first kappa shape index (κ1) is 20.9. The van der Waals surface area contributed by atoms with E-state index in [2.05, 4.69) is 9.37 Å². The van der Waals surface area contributed by atoms with Gasteiger partial charge in [-0.3, -0.25) is 9.79 Å². The number of ketones is 1. The van der Waals surface area contributed by atoms with E-state index in [1.54, 1.807) is 12.1 Å². The lowest BCUT2D eigenvalue weighted by Crippen LogP contribution is -2.29. The van der Waals surface area contributed by atoms with Gasteiger partial charge in [0, 0.05) is 22.6 Å². The van der Waals surface area contributed by atoms with Crippen molar-refractivity contribution in [3.05, 3.63) is 51.3 Å². The number of aryl methyl sites for hydroxylation is 2. The van der Waals surface area contributed by atoms with Crippen LogP contribution in [0.25, 0.3) is 0 Å². The van der Waals surface area contributed by atoms with Crippen LogP contribution in [0, 0.1) is 19.7 Å². The van der Waals surface area contributed by atoms with Crippen molar-refractivity contribution in [2.24, 2.45) is 10.7 Å². The van der Waals surface area contributed by atoms with E-state index in [-0.39, 0.29) is 30.4 Å². The minimum atomic E-state index is -0.686. The van der Waals surface area contributed by atoms with Crippen LogP contribution in [0.4, 0.5) is 4.39 Å². The van der Waals surface area contributed by atoms with Crippen LogP contribution in [0.3, 0.4) is 0 Å². The third-order valence-corrected chi connectivity index (χ3v) is 6.12. The third kappa shape index (κ3) is 4.10. The van der Waals surface area contributed by atoms with Gasteiger partial charge in [0.25, 0.3) is 0 Å². The second-order valence-electron chi connectivity index (χ2n) is 6.44. The van der Waals surface area contributed by atoms with Crippen LogP contribution in [-0.4, -0.2) is 21.1 Å². The van der Waals surface area contributed by atoms with Crippen molar-refractivity contribution in [2.45, 2.75) is 39.2 Å². The number of nitrogens with two attached hydrogens (primary N) is 1. The van der Waals surface area contributed by atoms with Gasteiger partial charge in [-0.05, 0) is 56.4 Å². The van der Waals surface area contributed by atoms with Gasteiger partial charge < -0.3 is 5.73 Å². The number of carbonyl (C=O) groups excluding carboxylic acids is 1. The van der Waals surface area contributed by atoms with E-state index in [1.165, 1.54) is 29.4 Å². The molecule has 0 unspecified atom stereocenters. The molecule has 26 heavy (non-hydrogen) atoms. The molecule has 4 nitrogen and oxygen atoms in total. The molecule has 0 radical (unpaired) electrons. The number of rotatable bonds is 4. The smallest absolute Gasteiger partial charge is 0.170 e. The second kappa shape index (κ2) is 8.06. The van der Waals surface area contributed by atoms with Gasteiger partial charge in [-0.15, -0.1) is 12.4 Å². The van der Waals surface area contributed by atoms with E-state index >= 15 is 0 Å². The summed E-state index contributed by atoms with van der Waals surface area (Å²) in [6.07, 6.45) is 0.927. The summed E-state index contributed by atoms with van der Waals surface area (Å²) < 4.78 is 18.7. The monoisotopic (exact) mass is 413 g/mol. The lowest BCUT2D eigenvalue weighted by molar-refractivity contribution is 0.0992. The molecule has 0 saturated carbocycles. The summed E-state index contributed by atoms with van der Waals surface area (Å²) >= 11 is 2.82. The Bertz CT molecular complexity index is 849. The molecule has 1 atom stereocenters. The van der Waals surface area contributed by atoms with E-state index < -0.39 is 5.54 Å². The Morgan fingerprint density at radius 3 is 2.73 bits per heavy atom. The predicted octanol–water partition coefficient (Wildman–Crippen LogP) is 4.41. The standard InChI is InChI=1S/C18H20FN3OS2.ClH/c1-10-16(11(2)25-22-10)15(23)9-12-4-5-14(19)13(8-12)18(3)6-7-24-17(20)21-18;/h4-5,8H,6-7,9H2,1-3H3,(H2,20,21);1H/t18-;/m0./s1. The van der Waals surface area contributed by atoms with Crippen LogP contribution in [-0.2, 0) is 12.0 Å². The van der Waals surface area contributed by atoms with Crippen molar-refractivity contribution in [1.82, 2.24) is 4.37 Å². The Balaban J connectivity index is 0.00000243. The molecule has 1 aliphatic rings. The van der Waals surface area contributed by atoms with Crippen LogP contribution in [0.15, 0.2) is 23.2 Å². The topological polar surface area (TPSA) is 68.3 Å². The number of carbonyl (C=O) groups is 1. The van der Waals surface area contributed by atoms with Gasteiger partial charge in [-0.2, -0.15) is 4.37 Å². The summed E-state index contributed by atoms with van der Waals surface area (Å²) in [6.45, 7) is 5.62. The maximum atomic E-state index is 14.5. The zero-order valence-electron chi connectivity index (χ0n) is 14.8. The number of nitrogens with zero attached hydrogens (tertiary/aromatic N) is 2. The first-order valence-corrected chi connectivity index (χ1v) is 9.79. The molecule has 0 bridgehead atoms. The molecule has 2 heterocycles. The maximum absolute atomic E-state index is 14.5. The van der Waals surface area contributed by atoms with E-state index in [0.717, 1.165) is 21.9 Å². The molecule has 140 valence electrons. The lowest BCUT2D eigenvalue weighted by atomic mass is 9.87. The van der Waals surface area contributed by atoms with Crippen LogP contribution in [0.2, 0.25) is 0 Å². The fourth-order valence-corrected chi connectivity index (χ4v) is 4.82.